The Balaban J connectivity index is 1.55. The molecule has 1 fully saturated rings. The highest BCUT2D eigenvalue weighted by atomic mass is 16.2. The second-order valence-electron chi connectivity index (χ2n) is 5.16. The summed E-state index contributed by atoms with van der Waals surface area (Å²) in [6, 6.07) is 0. The number of aromatic nitrogens is 2. The van der Waals surface area contributed by atoms with E-state index < -0.39 is 0 Å². The highest BCUT2D eigenvalue weighted by molar-refractivity contribution is 6.00. The first-order chi connectivity index (χ1) is 9.84. The Hall–Kier alpha value is -1.73. The number of amides is 1. The van der Waals surface area contributed by atoms with E-state index in [4.69, 9.17) is 0 Å². The molecule has 1 saturated heterocycles. The predicted molar refractivity (Wildman–Crippen MR) is 75.1 cm³/mol. The SMILES string of the molecule is O=C1NCN(NCCN2CCCCC2)c2ncncc21. The fraction of sp³-hybridized carbons (Fsp3) is 0.615. The number of hydrogen-bond acceptors (Lipinski definition) is 6. The number of likely N-dealkylation sites (tertiary alicyclic amines) is 1. The second kappa shape index (κ2) is 6.15. The maximum atomic E-state index is 11.7. The van der Waals surface area contributed by atoms with Crippen molar-refractivity contribution in [1.29, 1.82) is 0 Å². The number of hydrogen-bond donors (Lipinski definition) is 2. The summed E-state index contributed by atoms with van der Waals surface area (Å²) in [4.78, 5) is 22.3. The molecule has 0 saturated carbocycles. The molecule has 3 heterocycles. The van der Waals surface area contributed by atoms with Gasteiger partial charge in [-0.15, -0.1) is 0 Å². The molecule has 0 aromatic carbocycles. The zero-order valence-electron chi connectivity index (χ0n) is 11.5. The van der Waals surface area contributed by atoms with Crippen molar-refractivity contribution in [2.24, 2.45) is 0 Å². The van der Waals surface area contributed by atoms with Crippen LogP contribution in [0.4, 0.5) is 5.82 Å². The van der Waals surface area contributed by atoms with Crippen molar-refractivity contribution >= 4 is 11.7 Å². The molecule has 1 amide bonds. The van der Waals surface area contributed by atoms with Gasteiger partial charge in [0.05, 0.1) is 0 Å². The van der Waals surface area contributed by atoms with Crippen LogP contribution in [0.1, 0.15) is 29.6 Å². The average molecular weight is 276 g/mol. The Morgan fingerprint density at radius 3 is 3.00 bits per heavy atom. The van der Waals surface area contributed by atoms with Crippen LogP contribution in [0.25, 0.3) is 0 Å². The standard InChI is InChI=1S/C13H20N6O/c20-13-11-8-14-9-15-12(11)19(10-16-13)17-4-7-18-5-2-1-3-6-18/h8-9,17H,1-7,10H2,(H,16,20). The van der Waals surface area contributed by atoms with Crippen LogP contribution < -0.4 is 15.8 Å². The van der Waals surface area contributed by atoms with E-state index in [0.29, 0.717) is 18.1 Å². The number of fused-ring (bicyclic) bond motifs is 1. The van der Waals surface area contributed by atoms with Gasteiger partial charge in [0.2, 0.25) is 0 Å². The molecule has 0 atom stereocenters. The monoisotopic (exact) mass is 276 g/mol. The van der Waals surface area contributed by atoms with Crippen molar-refractivity contribution in [3.63, 3.8) is 0 Å². The molecule has 108 valence electrons. The van der Waals surface area contributed by atoms with E-state index in [-0.39, 0.29) is 5.91 Å². The molecule has 1 aromatic heterocycles. The fourth-order valence-electron chi connectivity index (χ4n) is 2.68. The molecule has 0 bridgehead atoms. The molecule has 0 spiro atoms. The summed E-state index contributed by atoms with van der Waals surface area (Å²) in [5.74, 6) is 0.539. The van der Waals surface area contributed by atoms with E-state index in [0.717, 1.165) is 13.1 Å². The lowest BCUT2D eigenvalue weighted by Crippen LogP contribution is -2.52. The number of anilines is 1. The zero-order valence-corrected chi connectivity index (χ0v) is 11.5. The van der Waals surface area contributed by atoms with Crippen LogP contribution in [0.5, 0.6) is 0 Å². The van der Waals surface area contributed by atoms with Crippen LogP contribution in [0.2, 0.25) is 0 Å². The number of nitrogens with one attached hydrogen (secondary N) is 2. The van der Waals surface area contributed by atoms with Crippen molar-refractivity contribution in [2.75, 3.05) is 37.9 Å². The van der Waals surface area contributed by atoms with Crippen LogP contribution in [0.3, 0.4) is 0 Å². The number of carbonyl (C=O) groups excluding carboxylic acids is 1. The maximum Gasteiger partial charge on any atom is 0.258 e. The smallest absolute Gasteiger partial charge is 0.258 e. The van der Waals surface area contributed by atoms with Gasteiger partial charge in [-0.25, -0.2) is 15.4 Å². The van der Waals surface area contributed by atoms with Gasteiger partial charge < -0.3 is 10.2 Å². The Morgan fingerprint density at radius 1 is 1.30 bits per heavy atom. The number of rotatable bonds is 4. The molecule has 7 nitrogen and oxygen atoms in total. The minimum Gasteiger partial charge on any atom is -0.333 e. The molecular weight excluding hydrogens is 256 g/mol. The average Bonchev–Trinajstić information content (AvgIpc) is 2.51. The van der Waals surface area contributed by atoms with Gasteiger partial charge in [0, 0.05) is 19.3 Å². The Morgan fingerprint density at radius 2 is 2.15 bits per heavy atom. The summed E-state index contributed by atoms with van der Waals surface area (Å²) in [7, 11) is 0. The van der Waals surface area contributed by atoms with E-state index in [9.17, 15) is 4.79 Å². The molecule has 7 heteroatoms. The molecule has 0 unspecified atom stereocenters. The largest absolute Gasteiger partial charge is 0.333 e. The summed E-state index contributed by atoms with van der Waals surface area (Å²) in [5.41, 5.74) is 3.85. The number of piperidine rings is 1. The lowest BCUT2D eigenvalue weighted by molar-refractivity contribution is 0.0944. The van der Waals surface area contributed by atoms with Gasteiger partial charge in [0.1, 0.15) is 18.6 Å². The molecule has 2 aliphatic heterocycles. The molecule has 20 heavy (non-hydrogen) atoms. The summed E-state index contributed by atoms with van der Waals surface area (Å²) < 4.78 is 0. The van der Waals surface area contributed by atoms with Gasteiger partial charge in [-0.2, -0.15) is 0 Å². The zero-order chi connectivity index (χ0) is 13.8. The maximum absolute atomic E-state index is 11.7. The molecule has 1 aromatic rings. The van der Waals surface area contributed by atoms with Crippen molar-refractivity contribution in [3.05, 3.63) is 18.1 Å². The predicted octanol–water partition coefficient (Wildman–Crippen LogP) is -0.0256. The highest BCUT2D eigenvalue weighted by Crippen LogP contribution is 2.17. The van der Waals surface area contributed by atoms with Crippen molar-refractivity contribution in [2.45, 2.75) is 19.3 Å². The van der Waals surface area contributed by atoms with E-state index in [1.165, 1.54) is 38.7 Å². The first-order valence-corrected chi connectivity index (χ1v) is 7.16. The van der Waals surface area contributed by atoms with Crippen molar-refractivity contribution in [1.82, 2.24) is 25.6 Å². The Labute approximate surface area is 118 Å². The van der Waals surface area contributed by atoms with E-state index in [2.05, 4.69) is 25.6 Å². The first-order valence-electron chi connectivity index (χ1n) is 7.16. The lowest BCUT2D eigenvalue weighted by atomic mass is 10.1. The Kier molecular flexibility index (Phi) is 4.08. The third-order valence-electron chi connectivity index (χ3n) is 3.77. The quantitative estimate of drug-likeness (QED) is 0.805. The van der Waals surface area contributed by atoms with Crippen LogP contribution in [-0.4, -0.2) is 53.6 Å². The minimum atomic E-state index is -0.116. The molecule has 2 aliphatic rings. The van der Waals surface area contributed by atoms with Crippen LogP contribution >= 0.6 is 0 Å². The lowest BCUT2D eigenvalue weighted by Gasteiger charge is -2.31. The summed E-state index contributed by atoms with van der Waals surface area (Å²) in [5, 5.41) is 4.68. The van der Waals surface area contributed by atoms with Gasteiger partial charge in [0.15, 0.2) is 5.82 Å². The van der Waals surface area contributed by atoms with Gasteiger partial charge in [-0.3, -0.25) is 9.80 Å². The third-order valence-corrected chi connectivity index (χ3v) is 3.77. The van der Waals surface area contributed by atoms with Crippen LogP contribution in [0.15, 0.2) is 12.5 Å². The van der Waals surface area contributed by atoms with Gasteiger partial charge in [0.25, 0.3) is 5.91 Å². The fourth-order valence-corrected chi connectivity index (χ4v) is 2.68. The van der Waals surface area contributed by atoms with Gasteiger partial charge in [-0.1, -0.05) is 6.42 Å². The van der Waals surface area contributed by atoms with Crippen molar-refractivity contribution < 1.29 is 4.79 Å². The minimum absolute atomic E-state index is 0.116. The van der Waals surface area contributed by atoms with Crippen molar-refractivity contribution in [3.8, 4) is 0 Å². The second-order valence-corrected chi connectivity index (χ2v) is 5.16. The number of carbonyl (C=O) groups is 1. The number of hydrazine groups is 1. The van der Waals surface area contributed by atoms with E-state index in [1.807, 2.05) is 5.01 Å². The number of nitrogens with zero attached hydrogens (tertiary/aromatic N) is 4. The summed E-state index contributed by atoms with van der Waals surface area (Å²) in [6.45, 7) is 4.68. The molecule has 0 radical (unpaired) electrons. The van der Waals surface area contributed by atoms with E-state index >= 15 is 0 Å². The summed E-state index contributed by atoms with van der Waals surface area (Å²) >= 11 is 0. The summed E-state index contributed by atoms with van der Waals surface area (Å²) in [6.07, 6.45) is 6.98. The normalized spacial score (nSPS) is 19.6. The topological polar surface area (TPSA) is 73.4 Å². The van der Waals surface area contributed by atoms with E-state index in [1.54, 1.807) is 6.20 Å². The van der Waals surface area contributed by atoms with Crippen LogP contribution in [-0.2, 0) is 0 Å². The molecule has 3 rings (SSSR count). The Bertz CT molecular complexity index is 474. The van der Waals surface area contributed by atoms with Crippen LogP contribution in [0, 0.1) is 0 Å². The highest BCUT2D eigenvalue weighted by Gasteiger charge is 2.23. The first kappa shape index (κ1) is 13.3. The molecule has 2 N–H and O–H groups in total. The third kappa shape index (κ3) is 2.88. The molecular formula is C13H20N6O. The molecule has 0 aliphatic carbocycles. The van der Waals surface area contributed by atoms with Gasteiger partial charge in [-0.05, 0) is 25.9 Å². The van der Waals surface area contributed by atoms with Gasteiger partial charge >= 0.3 is 0 Å².